The number of amides is 2. The van der Waals surface area contributed by atoms with Crippen molar-refractivity contribution >= 4 is 12.0 Å². The lowest BCUT2D eigenvalue weighted by molar-refractivity contribution is -0.142. The van der Waals surface area contributed by atoms with Crippen LogP contribution in [0.3, 0.4) is 0 Å². The molecule has 4 atom stereocenters. The maximum absolute atomic E-state index is 12.7. The Morgan fingerprint density at radius 3 is 2.11 bits per heavy atom. The van der Waals surface area contributed by atoms with Gasteiger partial charge in [-0.3, -0.25) is 9.69 Å². The molecule has 1 saturated carbocycles. The Morgan fingerprint density at radius 2 is 1.61 bits per heavy atom. The molecule has 7 nitrogen and oxygen atoms in total. The number of piperazine rings is 1. The van der Waals surface area contributed by atoms with Crippen LogP contribution >= 0.6 is 0 Å². The number of rotatable bonds is 6. The van der Waals surface area contributed by atoms with Gasteiger partial charge in [-0.05, 0) is 64.8 Å². The molecule has 2 amide bonds. The molecule has 0 aromatic heterocycles. The highest BCUT2D eigenvalue weighted by molar-refractivity contribution is 5.75. The lowest BCUT2D eigenvalue weighted by Gasteiger charge is -2.54. The zero-order valence-corrected chi connectivity index (χ0v) is 24.9. The van der Waals surface area contributed by atoms with Crippen molar-refractivity contribution in [3.63, 3.8) is 0 Å². The van der Waals surface area contributed by atoms with Crippen LogP contribution in [0.25, 0.3) is 0 Å². The molecule has 0 bridgehead atoms. The first-order chi connectivity index (χ1) is 17.2. The van der Waals surface area contributed by atoms with Crippen molar-refractivity contribution in [2.45, 2.75) is 125 Å². The van der Waals surface area contributed by atoms with E-state index in [9.17, 15) is 9.59 Å². The van der Waals surface area contributed by atoms with Crippen LogP contribution < -0.4 is 0 Å². The van der Waals surface area contributed by atoms with Crippen LogP contribution in [0.4, 0.5) is 4.79 Å². The second kappa shape index (κ2) is 17.2. The van der Waals surface area contributed by atoms with E-state index in [-0.39, 0.29) is 36.2 Å². The maximum Gasteiger partial charge on any atom is 0.410 e. The Kier molecular flexibility index (Phi) is 15.6. The van der Waals surface area contributed by atoms with Crippen LogP contribution in [0.2, 0.25) is 0 Å². The number of carbonyl (C=O) groups excluding carboxylic acids is 2. The Balaban J connectivity index is 0.000000491. The quantitative estimate of drug-likeness (QED) is 0.450. The molecular formula is C29H57N3O4. The molecule has 3 fully saturated rings. The van der Waals surface area contributed by atoms with E-state index in [1.807, 2.05) is 44.4 Å². The molecule has 3 unspecified atom stereocenters. The minimum Gasteiger partial charge on any atom is -0.447 e. The van der Waals surface area contributed by atoms with Crippen LogP contribution in [0.5, 0.6) is 0 Å². The second-order valence-electron chi connectivity index (χ2n) is 10.6. The van der Waals surface area contributed by atoms with Gasteiger partial charge in [-0.2, -0.15) is 0 Å². The Labute approximate surface area is 222 Å². The number of carbonyl (C=O) groups is 2. The average molecular weight is 512 g/mol. The number of morpholine rings is 1. The molecule has 2 aliphatic heterocycles. The van der Waals surface area contributed by atoms with Gasteiger partial charge in [-0.15, -0.1) is 0 Å². The maximum atomic E-state index is 12.7. The molecule has 7 heteroatoms. The minimum atomic E-state index is -0.217. The van der Waals surface area contributed by atoms with Gasteiger partial charge < -0.3 is 19.3 Å². The number of nitrogens with zero attached hydrogens (tertiary/aromatic N) is 3. The van der Waals surface area contributed by atoms with Crippen LogP contribution in [0.1, 0.15) is 101 Å². The van der Waals surface area contributed by atoms with Crippen molar-refractivity contribution in [2.75, 3.05) is 39.4 Å². The van der Waals surface area contributed by atoms with Gasteiger partial charge >= 0.3 is 6.09 Å². The van der Waals surface area contributed by atoms with Gasteiger partial charge in [0.1, 0.15) is 0 Å². The number of hydrogen-bond donors (Lipinski definition) is 0. The number of ether oxygens (including phenoxy) is 2. The summed E-state index contributed by atoms with van der Waals surface area (Å²) in [6.07, 6.45) is 6.42. The number of hydrogen-bond acceptors (Lipinski definition) is 5. The van der Waals surface area contributed by atoms with Gasteiger partial charge in [-0.1, -0.05) is 47.5 Å². The summed E-state index contributed by atoms with van der Waals surface area (Å²) in [5.41, 5.74) is 0. The average Bonchev–Trinajstić information content (AvgIpc) is 2.86. The lowest BCUT2D eigenvalue weighted by atomic mass is 9.72. The van der Waals surface area contributed by atoms with Crippen LogP contribution in [0.15, 0.2) is 0 Å². The van der Waals surface area contributed by atoms with E-state index in [0.29, 0.717) is 18.4 Å². The summed E-state index contributed by atoms with van der Waals surface area (Å²) in [6.45, 7) is 24.1. The zero-order chi connectivity index (χ0) is 27.3. The normalized spacial score (nSPS) is 26.4. The van der Waals surface area contributed by atoms with Crippen molar-refractivity contribution in [3.8, 4) is 0 Å². The van der Waals surface area contributed by atoms with Crippen molar-refractivity contribution < 1.29 is 19.1 Å². The van der Waals surface area contributed by atoms with Crippen LogP contribution in [-0.4, -0.2) is 90.3 Å². The third-order valence-corrected chi connectivity index (χ3v) is 7.81. The summed E-state index contributed by atoms with van der Waals surface area (Å²) in [6, 6.07) is 0.264. The molecule has 0 N–H and O–H groups in total. The molecule has 36 heavy (non-hydrogen) atoms. The monoisotopic (exact) mass is 511 g/mol. The Bertz CT molecular complexity index is 617. The molecule has 0 spiro atoms. The van der Waals surface area contributed by atoms with E-state index >= 15 is 0 Å². The van der Waals surface area contributed by atoms with Gasteiger partial charge in [0.05, 0.1) is 31.4 Å². The lowest BCUT2D eigenvalue weighted by Crippen LogP contribution is -2.67. The SMILES string of the molecule is CC.CCC(CC)C1CCC2C(C1)N(C(=O)OC(C)C)C[C@H](C)N2C(C)=O.CCCN1CCOCC1. The second-order valence-corrected chi connectivity index (χ2v) is 10.6. The van der Waals surface area contributed by atoms with Gasteiger partial charge in [0.25, 0.3) is 0 Å². The first kappa shape index (κ1) is 32.7. The molecule has 3 rings (SSSR count). The smallest absolute Gasteiger partial charge is 0.410 e. The predicted octanol–water partition coefficient (Wildman–Crippen LogP) is 5.81. The fraction of sp³-hybridized carbons (Fsp3) is 0.931. The van der Waals surface area contributed by atoms with Crippen molar-refractivity contribution in [3.05, 3.63) is 0 Å². The highest BCUT2D eigenvalue weighted by atomic mass is 16.6. The standard InChI is InChI=1S/C20H36N2O3.C7H15NO.C2H6/c1-7-16(8-2)17-9-10-18-19(11-17)21(20(24)25-13(3)4)12-14(5)22(18)15(6)23;1-2-3-8-4-6-9-7-5-8;1-2/h13-14,16-19H,7-12H2,1-6H3;2-7H2,1H3;1-2H3/t14-,17?,18?,19?;;/m0../s1. The Hall–Kier alpha value is -1.34. The first-order valence-corrected chi connectivity index (χ1v) is 14.8. The predicted molar refractivity (Wildman–Crippen MR) is 148 cm³/mol. The summed E-state index contributed by atoms with van der Waals surface area (Å²) in [7, 11) is 0. The summed E-state index contributed by atoms with van der Waals surface area (Å²) in [5, 5.41) is 0. The highest BCUT2D eigenvalue weighted by Crippen LogP contribution is 2.40. The van der Waals surface area contributed by atoms with Crippen LogP contribution in [-0.2, 0) is 14.3 Å². The highest BCUT2D eigenvalue weighted by Gasteiger charge is 2.47. The first-order valence-electron chi connectivity index (χ1n) is 14.8. The third kappa shape index (κ3) is 9.51. The minimum absolute atomic E-state index is 0.0446. The fourth-order valence-corrected chi connectivity index (χ4v) is 6.20. The van der Waals surface area contributed by atoms with Crippen molar-refractivity contribution in [1.82, 2.24) is 14.7 Å². The van der Waals surface area contributed by atoms with Gasteiger partial charge in [0.2, 0.25) is 5.91 Å². The molecule has 212 valence electrons. The molecule has 2 heterocycles. The van der Waals surface area contributed by atoms with Crippen molar-refractivity contribution in [2.24, 2.45) is 11.8 Å². The molecule has 0 aromatic carbocycles. The Morgan fingerprint density at radius 1 is 1.00 bits per heavy atom. The molecular weight excluding hydrogens is 454 g/mol. The zero-order valence-electron chi connectivity index (χ0n) is 24.9. The summed E-state index contributed by atoms with van der Waals surface area (Å²) in [5.74, 6) is 1.46. The fourth-order valence-electron chi connectivity index (χ4n) is 6.20. The number of fused-ring (bicyclic) bond motifs is 1. The van der Waals surface area contributed by atoms with E-state index in [1.165, 1.54) is 25.8 Å². The summed E-state index contributed by atoms with van der Waals surface area (Å²) in [4.78, 5) is 31.3. The summed E-state index contributed by atoms with van der Waals surface area (Å²) >= 11 is 0. The van der Waals surface area contributed by atoms with Crippen LogP contribution in [0, 0.1) is 11.8 Å². The molecule has 3 aliphatic rings. The largest absolute Gasteiger partial charge is 0.447 e. The van der Waals surface area contributed by atoms with E-state index in [4.69, 9.17) is 9.47 Å². The topological polar surface area (TPSA) is 62.3 Å². The van der Waals surface area contributed by atoms with E-state index in [0.717, 1.165) is 45.6 Å². The third-order valence-electron chi connectivity index (χ3n) is 7.81. The van der Waals surface area contributed by atoms with Gasteiger partial charge in [0.15, 0.2) is 0 Å². The molecule has 2 saturated heterocycles. The van der Waals surface area contributed by atoms with Gasteiger partial charge in [-0.25, -0.2) is 4.79 Å². The van der Waals surface area contributed by atoms with Crippen molar-refractivity contribution in [1.29, 1.82) is 0 Å². The molecule has 1 aliphatic carbocycles. The van der Waals surface area contributed by atoms with Gasteiger partial charge in [0, 0.05) is 32.6 Å². The van der Waals surface area contributed by atoms with E-state index in [1.54, 1.807) is 6.92 Å². The molecule has 0 radical (unpaired) electrons. The van der Waals surface area contributed by atoms with E-state index < -0.39 is 0 Å². The summed E-state index contributed by atoms with van der Waals surface area (Å²) < 4.78 is 10.7. The van der Waals surface area contributed by atoms with E-state index in [2.05, 4.69) is 25.7 Å². The molecule has 0 aromatic rings.